The van der Waals surface area contributed by atoms with Gasteiger partial charge in [-0.25, -0.2) is 0 Å². The summed E-state index contributed by atoms with van der Waals surface area (Å²) in [5.41, 5.74) is -1.04. The van der Waals surface area contributed by atoms with Crippen LogP contribution in [0.4, 0.5) is 0 Å². The molecule has 0 aromatic carbocycles. The van der Waals surface area contributed by atoms with E-state index >= 15 is 0 Å². The first-order valence-electron chi connectivity index (χ1n) is 6.13. The van der Waals surface area contributed by atoms with Crippen LogP contribution in [0.15, 0.2) is 0 Å². The maximum Gasteiger partial charge on any atom is 0.246 e. The number of nitrogens with one attached hydrogen (secondary N) is 1. The summed E-state index contributed by atoms with van der Waals surface area (Å²) in [6.45, 7) is 13.4. The second kappa shape index (κ2) is 4.00. The largest absolute Gasteiger partial charge is 0.342 e. The van der Waals surface area contributed by atoms with Gasteiger partial charge >= 0.3 is 0 Å². The first kappa shape index (κ1) is 14.0. The van der Waals surface area contributed by atoms with Crippen LogP contribution in [0.25, 0.3) is 0 Å². The second-order valence-corrected chi connectivity index (χ2v) is 6.63. The first-order valence-corrected chi connectivity index (χ1v) is 6.13. The molecule has 1 heterocycles. The van der Waals surface area contributed by atoms with Crippen molar-refractivity contribution in [3.05, 3.63) is 0 Å². The van der Waals surface area contributed by atoms with Gasteiger partial charge in [0.05, 0.1) is 0 Å². The fourth-order valence-corrected chi connectivity index (χ4v) is 2.38. The Hall–Kier alpha value is -1.06. The number of carbonyl (C=O) groups is 2. The van der Waals surface area contributed by atoms with Crippen molar-refractivity contribution in [1.82, 2.24) is 10.2 Å². The highest BCUT2D eigenvalue weighted by molar-refractivity contribution is 5.99. The van der Waals surface area contributed by atoms with E-state index in [1.54, 1.807) is 18.7 Å². The summed E-state index contributed by atoms with van der Waals surface area (Å²) >= 11 is 0. The van der Waals surface area contributed by atoms with Crippen molar-refractivity contribution < 1.29 is 9.59 Å². The van der Waals surface area contributed by atoms with E-state index in [0.717, 1.165) is 0 Å². The lowest BCUT2D eigenvalue weighted by Gasteiger charge is -2.49. The third kappa shape index (κ3) is 2.31. The van der Waals surface area contributed by atoms with Crippen LogP contribution >= 0.6 is 0 Å². The summed E-state index contributed by atoms with van der Waals surface area (Å²) in [4.78, 5) is 26.3. The standard InChI is InChI=1S/C13H24N2O2/c1-8(2)15-10(16)9(12(3,4)5)14-11(17)13(15,6)7/h8-9H,1-7H3,(H,14,17). The Balaban J connectivity index is 3.17. The van der Waals surface area contributed by atoms with E-state index < -0.39 is 11.6 Å². The minimum atomic E-state index is -0.771. The second-order valence-electron chi connectivity index (χ2n) is 6.63. The van der Waals surface area contributed by atoms with Gasteiger partial charge in [0.2, 0.25) is 11.8 Å². The maximum atomic E-state index is 12.5. The monoisotopic (exact) mass is 240 g/mol. The Bertz CT molecular complexity index is 340. The van der Waals surface area contributed by atoms with Gasteiger partial charge < -0.3 is 10.2 Å². The van der Waals surface area contributed by atoms with Crippen molar-refractivity contribution in [3.8, 4) is 0 Å². The Morgan fingerprint density at radius 1 is 1.24 bits per heavy atom. The Morgan fingerprint density at radius 2 is 1.71 bits per heavy atom. The smallest absolute Gasteiger partial charge is 0.246 e. The molecule has 4 nitrogen and oxygen atoms in total. The molecule has 0 radical (unpaired) electrons. The van der Waals surface area contributed by atoms with Gasteiger partial charge in [0.25, 0.3) is 0 Å². The van der Waals surface area contributed by atoms with E-state index in [4.69, 9.17) is 0 Å². The number of carbonyl (C=O) groups excluding carboxylic acids is 2. The van der Waals surface area contributed by atoms with Crippen molar-refractivity contribution >= 4 is 11.8 Å². The third-order valence-corrected chi connectivity index (χ3v) is 3.30. The molecule has 1 saturated heterocycles. The molecule has 17 heavy (non-hydrogen) atoms. The molecule has 0 aromatic rings. The zero-order valence-corrected chi connectivity index (χ0v) is 11.9. The lowest BCUT2D eigenvalue weighted by Crippen LogP contribution is -2.72. The van der Waals surface area contributed by atoms with Gasteiger partial charge in [-0.2, -0.15) is 0 Å². The maximum absolute atomic E-state index is 12.5. The Morgan fingerprint density at radius 3 is 2.06 bits per heavy atom. The molecule has 1 aliphatic heterocycles. The topological polar surface area (TPSA) is 49.4 Å². The molecule has 1 fully saturated rings. The van der Waals surface area contributed by atoms with Crippen molar-refractivity contribution in [2.45, 2.75) is 66.1 Å². The van der Waals surface area contributed by atoms with Gasteiger partial charge in [-0.05, 0) is 33.1 Å². The molecule has 4 heteroatoms. The molecule has 0 bridgehead atoms. The summed E-state index contributed by atoms with van der Waals surface area (Å²) in [7, 11) is 0. The fourth-order valence-electron chi connectivity index (χ4n) is 2.38. The number of amides is 2. The SMILES string of the molecule is CC(C)N1C(=O)C(C(C)(C)C)NC(=O)C1(C)C. The molecule has 1 aliphatic rings. The summed E-state index contributed by atoms with van der Waals surface area (Å²) in [5, 5.41) is 2.85. The fraction of sp³-hybridized carbons (Fsp3) is 0.846. The number of rotatable bonds is 1. The molecule has 1 unspecified atom stereocenters. The van der Waals surface area contributed by atoms with Gasteiger partial charge in [0.15, 0.2) is 0 Å². The molecular formula is C13H24N2O2. The van der Waals surface area contributed by atoms with Crippen LogP contribution in [0, 0.1) is 5.41 Å². The van der Waals surface area contributed by atoms with Crippen LogP contribution in [-0.4, -0.2) is 34.3 Å². The minimum absolute atomic E-state index is 0.0112. The van der Waals surface area contributed by atoms with Crippen LogP contribution < -0.4 is 5.32 Å². The van der Waals surface area contributed by atoms with Gasteiger partial charge in [-0.15, -0.1) is 0 Å². The molecule has 1 N–H and O–H groups in total. The van der Waals surface area contributed by atoms with Crippen LogP contribution in [0.1, 0.15) is 48.5 Å². The predicted molar refractivity (Wildman–Crippen MR) is 67.4 cm³/mol. The van der Waals surface area contributed by atoms with Gasteiger partial charge in [-0.1, -0.05) is 20.8 Å². The minimum Gasteiger partial charge on any atom is -0.342 e. The first-order chi connectivity index (χ1) is 7.49. The zero-order valence-electron chi connectivity index (χ0n) is 11.9. The van der Waals surface area contributed by atoms with Crippen LogP contribution in [-0.2, 0) is 9.59 Å². The van der Waals surface area contributed by atoms with Crippen LogP contribution in [0.5, 0.6) is 0 Å². The molecular weight excluding hydrogens is 216 g/mol. The molecule has 0 aliphatic carbocycles. The van der Waals surface area contributed by atoms with Gasteiger partial charge in [-0.3, -0.25) is 9.59 Å². The van der Waals surface area contributed by atoms with Crippen molar-refractivity contribution in [2.75, 3.05) is 0 Å². The molecule has 1 rings (SSSR count). The van der Waals surface area contributed by atoms with Crippen LogP contribution in [0.2, 0.25) is 0 Å². The number of hydrogen-bond donors (Lipinski definition) is 1. The molecule has 0 saturated carbocycles. The summed E-state index contributed by atoms with van der Waals surface area (Å²) in [6, 6.07) is -0.418. The molecule has 0 aromatic heterocycles. The van der Waals surface area contributed by atoms with E-state index in [-0.39, 0.29) is 23.3 Å². The van der Waals surface area contributed by atoms with Crippen LogP contribution in [0.3, 0.4) is 0 Å². The lowest BCUT2D eigenvalue weighted by atomic mass is 9.81. The molecule has 2 amide bonds. The van der Waals surface area contributed by atoms with Gasteiger partial charge in [0, 0.05) is 6.04 Å². The zero-order chi connectivity index (χ0) is 13.6. The average Bonchev–Trinajstić information content (AvgIpc) is 2.08. The Kier molecular flexibility index (Phi) is 3.29. The van der Waals surface area contributed by atoms with Crippen molar-refractivity contribution in [1.29, 1.82) is 0 Å². The average molecular weight is 240 g/mol. The van der Waals surface area contributed by atoms with E-state index in [1.807, 2.05) is 34.6 Å². The van der Waals surface area contributed by atoms with Gasteiger partial charge in [0.1, 0.15) is 11.6 Å². The molecule has 0 spiro atoms. The van der Waals surface area contributed by atoms with Crippen molar-refractivity contribution in [3.63, 3.8) is 0 Å². The highest BCUT2D eigenvalue weighted by Crippen LogP contribution is 2.30. The van der Waals surface area contributed by atoms with Crippen molar-refractivity contribution in [2.24, 2.45) is 5.41 Å². The number of hydrogen-bond acceptors (Lipinski definition) is 2. The lowest BCUT2D eigenvalue weighted by molar-refractivity contribution is -0.160. The number of nitrogens with zero attached hydrogens (tertiary/aromatic N) is 1. The number of piperazine rings is 1. The quantitative estimate of drug-likeness (QED) is 0.756. The third-order valence-electron chi connectivity index (χ3n) is 3.30. The summed E-state index contributed by atoms with van der Waals surface area (Å²) in [5.74, 6) is -0.0668. The van der Waals surface area contributed by atoms with E-state index in [9.17, 15) is 9.59 Å². The summed E-state index contributed by atoms with van der Waals surface area (Å²) in [6.07, 6.45) is 0. The normalized spacial score (nSPS) is 25.2. The highest BCUT2D eigenvalue weighted by Gasteiger charge is 2.50. The van der Waals surface area contributed by atoms with E-state index in [0.29, 0.717) is 0 Å². The Labute approximate surface area is 104 Å². The molecule has 1 atom stereocenters. The van der Waals surface area contributed by atoms with E-state index in [1.165, 1.54) is 0 Å². The molecule has 98 valence electrons. The summed E-state index contributed by atoms with van der Waals surface area (Å²) < 4.78 is 0. The highest BCUT2D eigenvalue weighted by atomic mass is 16.2. The van der Waals surface area contributed by atoms with E-state index in [2.05, 4.69) is 5.32 Å². The predicted octanol–water partition coefficient (Wildman–Crippen LogP) is 1.55.